The minimum Gasteiger partial charge on any atom is -0.458 e. The zero-order valence-electron chi connectivity index (χ0n) is 66.8. The Morgan fingerprint density at radius 3 is 1.08 bits per heavy atom. The second-order valence-electron chi connectivity index (χ2n) is 28.4. The lowest BCUT2D eigenvalue weighted by Crippen LogP contribution is -2.28. The fraction of sp³-hybridized carbons (Fsp3) is 0.126. The Morgan fingerprint density at radius 1 is 0.380 bits per heavy atom. The highest BCUT2D eigenvalue weighted by Gasteiger charge is 2.31. The Hall–Kier alpha value is -16.5. The summed E-state index contributed by atoms with van der Waals surface area (Å²) in [7, 11) is 3.67. The average Bonchev–Trinajstić information content (AvgIpc) is 1.64. The molecule has 18 aromatic rings. The number of pyridine rings is 1. The molecule has 592 valence electrons. The molecule has 121 heavy (non-hydrogen) atoms. The van der Waals surface area contributed by atoms with Crippen LogP contribution in [0.3, 0.4) is 0 Å². The van der Waals surface area contributed by atoms with Crippen LogP contribution in [0.2, 0.25) is 0 Å². The molecule has 0 bridgehead atoms. The van der Waals surface area contributed by atoms with Crippen LogP contribution in [-0.2, 0) is 14.1 Å². The smallest absolute Gasteiger partial charge is 0.257 e. The van der Waals surface area contributed by atoms with E-state index in [9.17, 15) is 28.8 Å². The van der Waals surface area contributed by atoms with E-state index in [-0.39, 0.29) is 34.0 Å². The van der Waals surface area contributed by atoms with Crippen molar-refractivity contribution in [3.63, 3.8) is 0 Å². The number of fused-ring (bicyclic) bond motifs is 6. The largest absolute Gasteiger partial charge is 0.458 e. The van der Waals surface area contributed by atoms with Crippen molar-refractivity contribution in [3.8, 4) is 68.9 Å². The van der Waals surface area contributed by atoms with Crippen LogP contribution in [0, 0.1) is 63.2 Å². The van der Waals surface area contributed by atoms with Crippen LogP contribution < -0.4 is 32.2 Å². The molecular formula is C95H73N17O9. The molecule has 0 radical (unpaired) electrons. The molecule has 3 amide bonds. The number of aromatic nitrogens is 14. The molecule has 26 nitrogen and oxygen atoms in total. The first kappa shape index (κ1) is 78.4. The molecule has 3 unspecified atom stereocenters. The Morgan fingerprint density at radius 2 is 0.736 bits per heavy atom. The van der Waals surface area contributed by atoms with Crippen molar-refractivity contribution in [2.45, 2.75) is 66.6 Å². The summed E-state index contributed by atoms with van der Waals surface area (Å²) < 4.78 is 27.3. The van der Waals surface area contributed by atoms with Gasteiger partial charge in [0.05, 0.1) is 85.5 Å². The Bertz CT molecular complexity index is 7510. The quantitative estimate of drug-likeness (QED) is 0.0957. The van der Waals surface area contributed by atoms with Gasteiger partial charge in [-0.1, -0.05) is 139 Å². The number of nitrogens with zero attached hydrogens (tertiary/aromatic N) is 14. The van der Waals surface area contributed by atoms with Gasteiger partial charge in [0.25, 0.3) is 17.7 Å². The predicted molar refractivity (Wildman–Crippen MR) is 458 cm³/mol. The van der Waals surface area contributed by atoms with Crippen LogP contribution in [0.4, 0.5) is 0 Å². The Labute approximate surface area is 690 Å². The molecule has 0 aliphatic rings. The number of carbonyl (C=O) groups excluding carboxylic acids is 3. The molecule has 0 aliphatic heterocycles. The van der Waals surface area contributed by atoms with Gasteiger partial charge in [-0.15, -0.1) is 0 Å². The summed E-state index contributed by atoms with van der Waals surface area (Å²) in [6, 6.07) is 52.5. The van der Waals surface area contributed by atoms with Gasteiger partial charge in [0, 0.05) is 92.1 Å². The lowest BCUT2D eigenvalue weighted by molar-refractivity contribution is 0.0928. The second kappa shape index (κ2) is 33.7. The number of rotatable bonds is 12. The molecule has 0 spiro atoms. The van der Waals surface area contributed by atoms with Gasteiger partial charge < -0.3 is 29.2 Å². The van der Waals surface area contributed by atoms with E-state index in [2.05, 4.69) is 96.9 Å². The van der Waals surface area contributed by atoms with Gasteiger partial charge in [-0.05, 0) is 144 Å². The van der Waals surface area contributed by atoms with Gasteiger partial charge in [0.1, 0.15) is 56.4 Å². The first-order chi connectivity index (χ1) is 58.7. The molecule has 18 rings (SSSR count). The van der Waals surface area contributed by atoms with Crippen LogP contribution in [-0.4, -0.2) is 86.1 Å². The average molecular weight is 1600 g/mol. The van der Waals surface area contributed by atoms with E-state index in [1.54, 1.807) is 211 Å². The standard InChI is InChI=1S/C32H26N6O3.C32H23N5O3.C31H24N6O3/c1-19-26(31-33-16-9-17-38(31)36-19)32(40)35-20(2)30-28(22-10-6-5-7-11-22)29(39)27-23(12-8-13-25(27)41-30)14-15-24-18-34-37(4)21(24)3;1-20-26(31-34-16-7-19-37(31)36-20)32(39)35-21(2)30-28(23-8-4-3-5-9-23)29(38)27-24(10-6-11-25(27)40-30)13-12-22-14-17-33-18-15-22;1-19-25(30-32-16-8-17-37(30)34-19)31(39)33-20(2)29-27(21-9-5-4-6-10-21)28(38)26-22(11-7-12-24(26)40-29)13-14-23-15-18-36(3)35-23/h5-13,16-18,20H,1-4H3,(H,35,40);3-11,14-19,21H,1-2H3,(H,35,39);4-12,15-18,20H,1-3H3,(H,33,39). The summed E-state index contributed by atoms with van der Waals surface area (Å²) in [5.41, 5.74) is 12.4. The van der Waals surface area contributed by atoms with E-state index >= 15 is 0 Å². The summed E-state index contributed by atoms with van der Waals surface area (Å²) in [6.45, 7) is 12.6. The maximum Gasteiger partial charge on any atom is 0.257 e. The van der Waals surface area contributed by atoms with E-state index in [0.717, 1.165) is 16.8 Å². The molecular weight excluding hydrogens is 1520 g/mol. The molecule has 6 aromatic carbocycles. The lowest BCUT2D eigenvalue weighted by Gasteiger charge is -2.18. The fourth-order valence-corrected chi connectivity index (χ4v) is 14.4. The maximum absolute atomic E-state index is 14.2. The van der Waals surface area contributed by atoms with Crippen LogP contribution in [0.15, 0.2) is 272 Å². The van der Waals surface area contributed by atoms with Crippen molar-refractivity contribution in [1.82, 2.24) is 84.3 Å². The van der Waals surface area contributed by atoms with Gasteiger partial charge in [-0.25, -0.2) is 28.5 Å². The highest BCUT2D eigenvalue weighted by Crippen LogP contribution is 2.35. The number of carbonyl (C=O) groups is 3. The zero-order valence-corrected chi connectivity index (χ0v) is 66.8. The highest BCUT2D eigenvalue weighted by atomic mass is 16.3. The summed E-state index contributed by atoms with van der Waals surface area (Å²) in [5, 5.41) is 31.8. The SMILES string of the molecule is Cc1nn2cccnc2c1C(=O)NC(C)c1oc2cccc(C#Cc3ccn(C)n3)c2c(=O)c1-c1ccccc1.Cc1nn2cccnc2c1C(=O)NC(C)c1oc2cccc(C#Cc3ccncc3)c2c(=O)c1-c1ccccc1.Cc1nn2cccnc2c1C(=O)NC(C)c1oc2cccc(C#Cc3cnn(C)c3C)c2c(=O)c1-c1ccccc1. The third-order valence-electron chi connectivity index (χ3n) is 20.3. The minimum absolute atomic E-state index is 0.225. The van der Waals surface area contributed by atoms with Crippen molar-refractivity contribution in [2.75, 3.05) is 0 Å². The van der Waals surface area contributed by atoms with Crippen LogP contribution >= 0.6 is 0 Å². The van der Waals surface area contributed by atoms with Crippen LogP contribution in [0.1, 0.15) is 144 Å². The van der Waals surface area contributed by atoms with E-state index in [4.69, 9.17) is 13.3 Å². The van der Waals surface area contributed by atoms with Gasteiger partial charge in [0.15, 0.2) is 16.9 Å². The van der Waals surface area contributed by atoms with E-state index in [1.807, 2.05) is 118 Å². The summed E-state index contributed by atoms with van der Waals surface area (Å²) in [5.74, 6) is 18.6. The first-order valence-electron chi connectivity index (χ1n) is 38.5. The van der Waals surface area contributed by atoms with Crippen molar-refractivity contribution >= 4 is 67.6 Å². The predicted octanol–water partition coefficient (Wildman–Crippen LogP) is 14.3. The maximum atomic E-state index is 14.2. The van der Waals surface area contributed by atoms with Gasteiger partial charge >= 0.3 is 0 Å². The molecule has 0 saturated carbocycles. The second-order valence-corrected chi connectivity index (χ2v) is 28.4. The molecule has 12 aromatic heterocycles. The third-order valence-corrected chi connectivity index (χ3v) is 20.3. The summed E-state index contributed by atoms with van der Waals surface area (Å²) in [4.78, 5) is 99.9. The highest BCUT2D eigenvalue weighted by molar-refractivity contribution is 6.03. The molecule has 12 heterocycles. The molecule has 26 heteroatoms. The number of aryl methyl sites for hydroxylation is 5. The zero-order chi connectivity index (χ0) is 84.1. The summed E-state index contributed by atoms with van der Waals surface area (Å²) >= 11 is 0. The Balaban J connectivity index is 0.000000135. The first-order valence-corrected chi connectivity index (χ1v) is 38.5. The van der Waals surface area contributed by atoms with Crippen molar-refractivity contribution in [1.29, 1.82) is 0 Å². The van der Waals surface area contributed by atoms with Gasteiger partial charge in [0.2, 0.25) is 16.3 Å². The van der Waals surface area contributed by atoms with Gasteiger partial charge in [-0.3, -0.25) is 43.1 Å². The molecule has 3 N–H and O–H groups in total. The topological polar surface area (TPSA) is 317 Å². The van der Waals surface area contributed by atoms with E-state index < -0.39 is 18.1 Å². The molecule has 3 atom stereocenters. The van der Waals surface area contributed by atoms with Crippen LogP contribution in [0.5, 0.6) is 0 Å². The van der Waals surface area contributed by atoms with E-state index in [0.29, 0.717) is 157 Å². The fourth-order valence-electron chi connectivity index (χ4n) is 14.4. The molecule has 0 saturated heterocycles. The van der Waals surface area contributed by atoms with Gasteiger partial charge in [-0.2, -0.15) is 25.5 Å². The number of hydrogen-bond acceptors (Lipinski definition) is 18. The lowest BCUT2D eigenvalue weighted by atomic mass is 9.97. The number of amides is 3. The molecule has 0 aliphatic carbocycles. The van der Waals surface area contributed by atoms with Crippen LogP contribution in [0.25, 0.3) is 83.2 Å². The number of hydrogen-bond donors (Lipinski definition) is 3. The van der Waals surface area contributed by atoms with Crippen molar-refractivity contribution in [3.05, 3.63) is 365 Å². The normalized spacial score (nSPS) is 11.7. The van der Waals surface area contributed by atoms with E-state index in [1.165, 1.54) is 0 Å². The van der Waals surface area contributed by atoms with Crippen molar-refractivity contribution in [2.24, 2.45) is 14.1 Å². The van der Waals surface area contributed by atoms with Crippen molar-refractivity contribution < 1.29 is 27.6 Å². The Kier molecular flexibility index (Phi) is 21.8. The monoisotopic (exact) mass is 1600 g/mol. The molecule has 0 fully saturated rings. The summed E-state index contributed by atoms with van der Waals surface area (Å²) in [6.07, 6.45) is 16.9. The number of benzene rings is 6. The number of nitrogens with one attached hydrogen (secondary N) is 3. The third kappa shape index (κ3) is 15.8. The minimum atomic E-state index is -0.652.